The molecule has 0 aliphatic carbocycles. The third kappa shape index (κ3) is 1.94. The Labute approximate surface area is 116 Å². The van der Waals surface area contributed by atoms with Gasteiger partial charge in [0.2, 0.25) is 0 Å². The van der Waals surface area contributed by atoms with E-state index in [1.807, 2.05) is 25.1 Å². The minimum Gasteiger partial charge on any atom is -0.267 e. The standard InChI is InChI=1S/C15H13N3S/c1-9-10(2)15(19)18-17-14(9)12-5-3-7-13-11(12)6-4-8-16-13/h3-8H,1-2H3,(H,18,19). The molecule has 2 heterocycles. The molecule has 94 valence electrons. The molecule has 3 nitrogen and oxygen atoms in total. The van der Waals surface area contributed by atoms with Crippen LogP contribution in [0.15, 0.2) is 36.5 Å². The summed E-state index contributed by atoms with van der Waals surface area (Å²) in [5.74, 6) is 0. The Balaban J connectivity index is 2.37. The Morgan fingerprint density at radius 1 is 1.05 bits per heavy atom. The minimum absolute atomic E-state index is 0.694. The van der Waals surface area contributed by atoms with Crippen LogP contribution in [-0.4, -0.2) is 15.2 Å². The molecule has 1 N–H and O–H groups in total. The molecule has 0 saturated heterocycles. The maximum Gasteiger partial charge on any atom is 0.122 e. The van der Waals surface area contributed by atoms with Crippen molar-refractivity contribution in [1.82, 2.24) is 15.2 Å². The van der Waals surface area contributed by atoms with Crippen LogP contribution in [-0.2, 0) is 0 Å². The van der Waals surface area contributed by atoms with Crippen LogP contribution in [0.5, 0.6) is 0 Å². The van der Waals surface area contributed by atoms with Gasteiger partial charge in [-0.25, -0.2) is 0 Å². The molecule has 0 atom stereocenters. The summed E-state index contributed by atoms with van der Waals surface area (Å²) >= 11 is 5.22. The predicted molar refractivity (Wildman–Crippen MR) is 79.6 cm³/mol. The van der Waals surface area contributed by atoms with Crippen LogP contribution < -0.4 is 0 Å². The molecule has 0 aliphatic rings. The Hall–Kier alpha value is -2.07. The maximum atomic E-state index is 5.22. The van der Waals surface area contributed by atoms with Crippen molar-refractivity contribution in [1.29, 1.82) is 0 Å². The average Bonchev–Trinajstić information content (AvgIpc) is 2.45. The van der Waals surface area contributed by atoms with E-state index >= 15 is 0 Å². The van der Waals surface area contributed by atoms with E-state index in [-0.39, 0.29) is 0 Å². The van der Waals surface area contributed by atoms with Crippen LogP contribution in [0.1, 0.15) is 11.1 Å². The van der Waals surface area contributed by atoms with Crippen molar-refractivity contribution in [3.8, 4) is 11.3 Å². The lowest BCUT2D eigenvalue weighted by atomic mass is 10.0. The normalized spacial score (nSPS) is 10.8. The molecule has 0 aliphatic heterocycles. The van der Waals surface area contributed by atoms with Gasteiger partial charge in [0.25, 0.3) is 0 Å². The molecule has 0 radical (unpaired) electrons. The number of nitrogens with one attached hydrogen (secondary N) is 1. The highest BCUT2D eigenvalue weighted by Gasteiger charge is 2.10. The number of nitrogens with zero attached hydrogens (tertiary/aromatic N) is 2. The molecule has 0 unspecified atom stereocenters. The van der Waals surface area contributed by atoms with Gasteiger partial charge in [-0.3, -0.25) is 10.1 Å². The summed E-state index contributed by atoms with van der Waals surface area (Å²) < 4.78 is 0.694. The van der Waals surface area contributed by atoms with Crippen LogP contribution in [0.2, 0.25) is 0 Å². The molecule has 1 aromatic carbocycles. The highest BCUT2D eigenvalue weighted by molar-refractivity contribution is 7.71. The van der Waals surface area contributed by atoms with Gasteiger partial charge >= 0.3 is 0 Å². The lowest BCUT2D eigenvalue weighted by Gasteiger charge is -2.10. The van der Waals surface area contributed by atoms with E-state index in [4.69, 9.17) is 12.2 Å². The van der Waals surface area contributed by atoms with Crippen LogP contribution in [0.4, 0.5) is 0 Å². The number of hydrogen-bond donors (Lipinski definition) is 1. The van der Waals surface area contributed by atoms with E-state index in [0.717, 1.165) is 33.3 Å². The monoisotopic (exact) mass is 267 g/mol. The van der Waals surface area contributed by atoms with Gasteiger partial charge in [-0.2, -0.15) is 5.10 Å². The zero-order chi connectivity index (χ0) is 13.4. The summed E-state index contributed by atoms with van der Waals surface area (Å²) in [6.07, 6.45) is 1.80. The molecular weight excluding hydrogens is 254 g/mol. The lowest BCUT2D eigenvalue weighted by molar-refractivity contribution is 0.988. The number of hydrogen-bond acceptors (Lipinski definition) is 3. The van der Waals surface area contributed by atoms with E-state index < -0.39 is 0 Å². The highest BCUT2D eigenvalue weighted by Crippen LogP contribution is 2.29. The quantitative estimate of drug-likeness (QED) is 0.678. The fourth-order valence-corrected chi connectivity index (χ4v) is 2.39. The first kappa shape index (κ1) is 12.0. The Bertz CT molecular complexity index is 816. The lowest BCUT2D eigenvalue weighted by Crippen LogP contribution is -1.97. The summed E-state index contributed by atoms with van der Waals surface area (Å²) in [5, 5.41) is 8.42. The maximum absolute atomic E-state index is 5.22. The number of rotatable bonds is 1. The van der Waals surface area contributed by atoms with Gasteiger partial charge in [-0.15, -0.1) is 0 Å². The number of fused-ring (bicyclic) bond motifs is 1. The molecule has 0 fully saturated rings. The fourth-order valence-electron chi connectivity index (χ4n) is 2.19. The Morgan fingerprint density at radius 2 is 1.89 bits per heavy atom. The Kier molecular flexibility index (Phi) is 2.87. The summed E-state index contributed by atoms with van der Waals surface area (Å²) in [6.45, 7) is 4.07. The van der Waals surface area contributed by atoms with Crippen molar-refractivity contribution in [2.45, 2.75) is 13.8 Å². The van der Waals surface area contributed by atoms with Crippen LogP contribution in [0.3, 0.4) is 0 Å². The predicted octanol–water partition coefficient (Wildman–Crippen LogP) is 3.97. The van der Waals surface area contributed by atoms with Crippen molar-refractivity contribution < 1.29 is 0 Å². The van der Waals surface area contributed by atoms with Crippen LogP contribution in [0, 0.1) is 18.5 Å². The largest absolute Gasteiger partial charge is 0.267 e. The molecule has 0 spiro atoms. The topological polar surface area (TPSA) is 41.6 Å². The molecule has 0 bridgehead atoms. The second kappa shape index (κ2) is 4.55. The smallest absolute Gasteiger partial charge is 0.122 e. The van der Waals surface area contributed by atoms with E-state index in [9.17, 15) is 0 Å². The highest BCUT2D eigenvalue weighted by atomic mass is 32.1. The van der Waals surface area contributed by atoms with E-state index in [1.165, 1.54) is 0 Å². The van der Waals surface area contributed by atoms with Crippen LogP contribution in [0.25, 0.3) is 22.2 Å². The molecular formula is C15H13N3S. The first-order chi connectivity index (χ1) is 9.18. The van der Waals surface area contributed by atoms with Gasteiger partial charge < -0.3 is 0 Å². The zero-order valence-electron chi connectivity index (χ0n) is 10.8. The van der Waals surface area contributed by atoms with Crippen molar-refractivity contribution in [3.63, 3.8) is 0 Å². The van der Waals surface area contributed by atoms with Gasteiger partial charge in [0, 0.05) is 17.1 Å². The summed E-state index contributed by atoms with van der Waals surface area (Å²) in [5.41, 5.74) is 5.17. The minimum atomic E-state index is 0.694. The SMILES string of the molecule is Cc1c(-c2cccc3ncccc23)n[nH]c(=S)c1C. The van der Waals surface area contributed by atoms with E-state index in [1.54, 1.807) is 6.20 Å². The summed E-state index contributed by atoms with van der Waals surface area (Å²) in [4.78, 5) is 4.38. The van der Waals surface area contributed by atoms with Gasteiger partial charge in [0.05, 0.1) is 11.2 Å². The van der Waals surface area contributed by atoms with Gasteiger partial charge in [0.15, 0.2) is 0 Å². The van der Waals surface area contributed by atoms with Gasteiger partial charge in [0.1, 0.15) is 4.64 Å². The fraction of sp³-hybridized carbons (Fsp3) is 0.133. The molecule has 19 heavy (non-hydrogen) atoms. The first-order valence-electron chi connectivity index (χ1n) is 6.08. The molecule has 2 aromatic heterocycles. The van der Waals surface area contributed by atoms with Crippen molar-refractivity contribution in [2.75, 3.05) is 0 Å². The summed E-state index contributed by atoms with van der Waals surface area (Å²) in [6, 6.07) is 10.1. The molecule has 0 saturated carbocycles. The molecule has 4 heteroatoms. The molecule has 0 amide bonds. The second-order valence-corrected chi connectivity index (χ2v) is 4.94. The number of benzene rings is 1. The van der Waals surface area contributed by atoms with Crippen molar-refractivity contribution in [2.24, 2.45) is 0 Å². The van der Waals surface area contributed by atoms with Crippen molar-refractivity contribution >= 4 is 23.1 Å². The summed E-state index contributed by atoms with van der Waals surface area (Å²) in [7, 11) is 0. The third-order valence-corrected chi connectivity index (χ3v) is 3.83. The number of aromatic nitrogens is 3. The zero-order valence-corrected chi connectivity index (χ0v) is 11.6. The Morgan fingerprint density at radius 3 is 2.74 bits per heavy atom. The molecule has 3 aromatic rings. The first-order valence-corrected chi connectivity index (χ1v) is 6.49. The van der Waals surface area contributed by atoms with Gasteiger partial charge in [-0.05, 0) is 37.1 Å². The van der Waals surface area contributed by atoms with Crippen LogP contribution >= 0.6 is 12.2 Å². The second-order valence-electron chi connectivity index (χ2n) is 4.53. The number of pyridine rings is 1. The molecule has 3 rings (SSSR count). The number of H-pyrrole nitrogens is 1. The third-order valence-electron chi connectivity index (χ3n) is 3.43. The number of aromatic amines is 1. The average molecular weight is 267 g/mol. The van der Waals surface area contributed by atoms with E-state index in [0.29, 0.717) is 4.64 Å². The van der Waals surface area contributed by atoms with Gasteiger partial charge in [-0.1, -0.05) is 30.4 Å². The van der Waals surface area contributed by atoms with E-state index in [2.05, 4.69) is 34.2 Å². The van der Waals surface area contributed by atoms with Crippen molar-refractivity contribution in [3.05, 3.63) is 52.3 Å².